The molecule has 2 fully saturated rings. The van der Waals surface area contributed by atoms with E-state index in [4.69, 9.17) is 27.9 Å². The maximum Gasteiger partial charge on any atom is 0.326 e. The fourth-order valence-electron chi connectivity index (χ4n) is 4.21. The number of carbonyl (C=O) groups is 2. The maximum absolute atomic E-state index is 13.0. The van der Waals surface area contributed by atoms with Crippen molar-refractivity contribution in [3.05, 3.63) is 52.0 Å². The van der Waals surface area contributed by atoms with Crippen LogP contribution in [0.25, 0.3) is 0 Å². The van der Waals surface area contributed by atoms with Crippen molar-refractivity contribution in [3.8, 4) is 5.75 Å². The van der Waals surface area contributed by atoms with E-state index in [9.17, 15) is 14.7 Å². The monoisotopic (exact) mass is 479 g/mol. The zero-order chi connectivity index (χ0) is 22.1. The zero-order valence-corrected chi connectivity index (χ0v) is 19.3. The van der Waals surface area contributed by atoms with E-state index in [2.05, 4.69) is 0 Å². The minimum atomic E-state index is -0.927. The smallest absolute Gasteiger partial charge is 0.326 e. The highest BCUT2D eigenvalue weighted by Gasteiger charge is 2.49. The van der Waals surface area contributed by atoms with Gasteiger partial charge in [-0.05, 0) is 55.4 Å². The van der Waals surface area contributed by atoms with Crippen LogP contribution in [-0.4, -0.2) is 41.6 Å². The number of amides is 1. The van der Waals surface area contributed by atoms with E-state index in [1.165, 1.54) is 16.7 Å². The van der Waals surface area contributed by atoms with Crippen molar-refractivity contribution in [1.82, 2.24) is 4.90 Å². The number of ether oxygens (including phenoxy) is 1. The largest absolute Gasteiger partial charge is 0.496 e. The van der Waals surface area contributed by atoms with Gasteiger partial charge in [0, 0.05) is 17.4 Å². The molecule has 1 saturated heterocycles. The van der Waals surface area contributed by atoms with E-state index >= 15 is 0 Å². The van der Waals surface area contributed by atoms with Gasteiger partial charge in [-0.25, -0.2) is 4.79 Å². The van der Waals surface area contributed by atoms with Gasteiger partial charge >= 0.3 is 5.97 Å². The fraction of sp³-hybridized carbons (Fsp3) is 0.391. The normalized spacial score (nSPS) is 22.8. The molecule has 2 aromatic carbocycles. The molecular formula is C23H23Cl2NO4S. The highest BCUT2D eigenvalue weighted by atomic mass is 35.5. The summed E-state index contributed by atoms with van der Waals surface area (Å²) < 4.78 is 5.40. The van der Waals surface area contributed by atoms with Gasteiger partial charge in [-0.2, -0.15) is 0 Å². The average molecular weight is 480 g/mol. The molecule has 0 radical (unpaired) electrons. The summed E-state index contributed by atoms with van der Waals surface area (Å²) in [7, 11) is 1.62. The van der Waals surface area contributed by atoms with Crippen molar-refractivity contribution >= 4 is 46.8 Å². The van der Waals surface area contributed by atoms with E-state index in [0.717, 1.165) is 33.9 Å². The molecule has 1 amide bonds. The number of carboxylic acid groups (broad SMARTS) is 1. The number of piperidine rings is 1. The van der Waals surface area contributed by atoms with Gasteiger partial charge in [-0.1, -0.05) is 53.2 Å². The number of nitrogens with zero attached hydrogens (tertiary/aromatic N) is 1. The second kappa shape index (κ2) is 9.31. The van der Waals surface area contributed by atoms with Gasteiger partial charge < -0.3 is 14.7 Å². The van der Waals surface area contributed by atoms with Crippen molar-refractivity contribution in [2.24, 2.45) is 5.92 Å². The summed E-state index contributed by atoms with van der Waals surface area (Å²) in [6.45, 7) is 0.502. The third kappa shape index (κ3) is 4.52. The molecule has 0 bridgehead atoms. The Morgan fingerprint density at radius 3 is 2.61 bits per heavy atom. The maximum atomic E-state index is 13.0. The number of para-hydroxylation sites is 1. The lowest BCUT2D eigenvalue weighted by Gasteiger charge is -2.33. The number of rotatable bonds is 6. The van der Waals surface area contributed by atoms with Gasteiger partial charge in [0.15, 0.2) is 0 Å². The number of halogens is 2. The van der Waals surface area contributed by atoms with Crippen LogP contribution in [0, 0.1) is 5.92 Å². The van der Waals surface area contributed by atoms with E-state index in [1.807, 2.05) is 36.4 Å². The predicted octanol–water partition coefficient (Wildman–Crippen LogP) is 5.72. The summed E-state index contributed by atoms with van der Waals surface area (Å²) in [5.41, 5.74) is 0.846. The SMILES string of the molecule is COc1ccccc1Sc1ccc(C2CC2C(=O)N2CCCCC2C(=O)O)c(Cl)c1Cl. The molecular weight excluding hydrogens is 457 g/mol. The van der Waals surface area contributed by atoms with Crippen LogP contribution in [0.1, 0.15) is 37.2 Å². The molecule has 1 heterocycles. The van der Waals surface area contributed by atoms with Crippen LogP contribution in [-0.2, 0) is 9.59 Å². The molecule has 1 aliphatic carbocycles. The Kier molecular flexibility index (Phi) is 6.70. The molecule has 2 aliphatic rings. The van der Waals surface area contributed by atoms with Crippen LogP contribution in [0.5, 0.6) is 5.75 Å². The van der Waals surface area contributed by atoms with Gasteiger partial charge in [0.05, 0.1) is 22.1 Å². The van der Waals surface area contributed by atoms with Crippen LogP contribution in [0.4, 0.5) is 0 Å². The Bertz CT molecular complexity index is 1020. The molecule has 31 heavy (non-hydrogen) atoms. The Morgan fingerprint density at radius 1 is 1.10 bits per heavy atom. The Labute approximate surface area is 195 Å². The van der Waals surface area contributed by atoms with Crippen LogP contribution < -0.4 is 4.74 Å². The first kappa shape index (κ1) is 22.3. The van der Waals surface area contributed by atoms with Crippen molar-refractivity contribution in [2.75, 3.05) is 13.7 Å². The lowest BCUT2D eigenvalue weighted by molar-refractivity contribution is -0.152. The summed E-state index contributed by atoms with van der Waals surface area (Å²) >= 11 is 14.7. The minimum Gasteiger partial charge on any atom is -0.496 e. The molecule has 1 saturated carbocycles. The van der Waals surface area contributed by atoms with E-state index in [-0.39, 0.29) is 17.7 Å². The first-order chi connectivity index (χ1) is 14.9. The van der Waals surface area contributed by atoms with Gasteiger partial charge in [-0.3, -0.25) is 4.79 Å². The number of carboxylic acids is 1. The number of methoxy groups -OCH3 is 1. The summed E-state index contributed by atoms with van der Waals surface area (Å²) in [5, 5.41) is 10.4. The van der Waals surface area contributed by atoms with Crippen LogP contribution in [0.3, 0.4) is 0 Å². The standard InChI is InChI=1S/C23H23Cl2NO4S/c1-30-17-7-2-3-8-18(17)31-19-10-9-13(20(24)21(19)25)14-12-15(14)22(27)26-11-5-4-6-16(26)23(28)29/h2-3,7-10,14-16H,4-6,11-12H2,1H3,(H,28,29). The van der Waals surface area contributed by atoms with Crippen molar-refractivity contribution in [2.45, 2.75) is 47.4 Å². The molecule has 3 unspecified atom stereocenters. The molecule has 164 valence electrons. The topological polar surface area (TPSA) is 66.8 Å². The second-order valence-corrected chi connectivity index (χ2v) is 9.70. The molecule has 2 aromatic rings. The first-order valence-corrected chi connectivity index (χ1v) is 11.8. The average Bonchev–Trinajstić information content (AvgIpc) is 3.57. The molecule has 5 nitrogen and oxygen atoms in total. The quantitative estimate of drug-likeness (QED) is 0.573. The van der Waals surface area contributed by atoms with Gasteiger partial charge in [0.2, 0.25) is 5.91 Å². The highest BCUT2D eigenvalue weighted by molar-refractivity contribution is 7.99. The minimum absolute atomic E-state index is 0.0285. The summed E-state index contributed by atoms with van der Waals surface area (Å²) in [6, 6.07) is 10.8. The molecule has 0 spiro atoms. The first-order valence-electron chi connectivity index (χ1n) is 10.2. The summed E-state index contributed by atoms with van der Waals surface area (Å²) in [4.78, 5) is 27.8. The van der Waals surface area contributed by atoms with Crippen LogP contribution >= 0.6 is 35.0 Å². The van der Waals surface area contributed by atoms with Gasteiger partial charge in [0.1, 0.15) is 11.8 Å². The van der Waals surface area contributed by atoms with E-state index < -0.39 is 12.0 Å². The van der Waals surface area contributed by atoms with Gasteiger partial charge in [-0.15, -0.1) is 0 Å². The number of hydrogen-bond acceptors (Lipinski definition) is 4. The molecule has 1 N–H and O–H groups in total. The highest BCUT2D eigenvalue weighted by Crippen LogP contribution is 2.53. The Morgan fingerprint density at radius 2 is 1.87 bits per heavy atom. The lowest BCUT2D eigenvalue weighted by Crippen LogP contribution is -2.48. The molecule has 8 heteroatoms. The molecule has 4 rings (SSSR count). The number of hydrogen-bond donors (Lipinski definition) is 1. The number of carbonyl (C=O) groups excluding carboxylic acids is 1. The Balaban J connectivity index is 1.51. The number of benzene rings is 2. The van der Waals surface area contributed by atoms with Crippen molar-refractivity contribution < 1.29 is 19.4 Å². The predicted molar refractivity (Wildman–Crippen MR) is 121 cm³/mol. The molecule has 1 aliphatic heterocycles. The fourth-order valence-corrected chi connectivity index (χ4v) is 5.82. The Hall–Kier alpha value is -1.89. The van der Waals surface area contributed by atoms with E-state index in [0.29, 0.717) is 29.4 Å². The number of likely N-dealkylation sites (tertiary alicyclic amines) is 1. The second-order valence-electron chi connectivity index (χ2n) is 7.86. The van der Waals surface area contributed by atoms with Crippen LogP contribution in [0.2, 0.25) is 10.0 Å². The molecule has 3 atom stereocenters. The van der Waals surface area contributed by atoms with Gasteiger partial charge in [0.25, 0.3) is 0 Å². The van der Waals surface area contributed by atoms with Crippen molar-refractivity contribution in [1.29, 1.82) is 0 Å². The van der Waals surface area contributed by atoms with Crippen molar-refractivity contribution in [3.63, 3.8) is 0 Å². The summed E-state index contributed by atoms with van der Waals surface area (Å²) in [5.74, 6) is -0.521. The molecule has 0 aromatic heterocycles. The van der Waals surface area contributed by atoms with Crippen LogP contribution in [0.15, 0.2) is 46.2 Å². The third-order valence-corrected chi connectivity index (χ3v) is 8.07. The number of aliphatic carboxylic acids is 1. The third-order valence-electron chi connectivity index (χ3n) is 5.94. The lowest BCUT2D eigenvalue weighted by atomic mass is 10.0. The van der Waals surface area contributed by atoms with E-state index in [1.54, 1.807) is 7.11 Å². The zero-order valence-electron chi connectivity index (χ0n) is 17.0. The summed E-state index contributed by atoms with van der Waals surface area (Å²) in [6.07, 6.45) is 2.85.